The second-order valence-electron chi connectivity index (χ2n) is 5.12. The van der Waals surface area contributed by atoms with Gasteiger partial charge < -0.3 is 20.6 Å². The minimum Gasteiger partial charge on any atom is -0.480 e. The quantitative estimate of drug-likeness (QED) is 0.655. The first-order valence-corrected chi connectivity index (χ1v) is 5.54. The number of carboxylic acid groups (broad SMARTS) is 1. The monoisotopic (exact) mass is 259 g/mol. The summed E-state index contributed by atoms with van der Waals surface area (Å²) in [5, 5.41) is 13.8. The van der Waals surface area contributed by atoms with Gasteiger partial charge in [0.2, 0.25) is 5.91 Å². The lowest BCUT2D eigenvalue weighted by atomic mass is 9.87. The maximum atomic E-state index is 11.7. The molecular weight excluding hydrogens is 238 g/mol. The molecule has 7 heteroatoms. The lowest BCUT2D eigenvalue weighted by Gasteiger charge is -2.29. The molecule has 0 aromatic rings. The van der Waals surface area contributed by atoms with Crippen LogP contribution < -0.4 is 10.6 Å². The highest BCUT2D eigenvalue weighted by Gasteiger charge is 2.33. The predicted octanol–water partition coefficient (Wildman–Crippen LogP) is -0.127. The van der Waals surface area contributed by atoms with E-state index in [0.717, 1.165) is 4.90 Å². The summed E-state index contributed by atoms with van der Waals surface area (Å²) < 4.78 is 0. The van der Waals surface area contributed by atoms with Gasteiger partial charge in [0.15, 0.2) is 0 Å². The molecule has 0 aliphatic carbocycles. The van der Waals surface area contributed by atoms with E-state index in [-0.39, 0.29) is 12.5 Å². The van der Waals surface area contributed by atoms with Crippen molar-refractivity contribution in [2.45, 2.75) is 26.8 Å². The molecule has 18 heavy (non-hydrogen) atoms. The summed E-state index contributed by atoms with van der Waals surface area (Å²) in [6, 6.07) is -1.61. The molecule has 0 aliphatic rings. The van der Waals surface area contributed by atoms with Crippen LogP contribution in [-0.4, -0.2) is 54.6 Å². The average Bonchev–Trinajstić information content (AvgIpc) is 2.22. The zero-order chi connectivity index (χ0) is 14.5. The van der Waals surface area contributed by atoms with Gasteiger partial charge in [-0.2, -0.15) is 0 Å². The Bertz CT molecular complexity index is 336. The number of rotatable bonds is 4. The third-order valence-corrected chi connectivity index (χ3v) is 2.39. The van der Waals surface area contributed by atoms with Gasteiger partial charge in [0.1, 0.15) is 12.6 Å². The predicted molar refractivity (Wildman–Crippen MR) is 66.1 cm³/mol. The molecule has 0 bridgehead atoms. The number of carbonyl (C=O) groups is 3. The van der Waals surface area contributed by atoms with Crippen molar-refractivity contribution in [1.82, 2.24) is 15.5 Å². The molecule has 0 fully saturated rings. The maximum absolute atomic E-state index is 11.7. The third-order valence-electron chi connectivity index (χ3n) is 2.39. The van der Waals surface area contributed by atoms with Crippen LogP contribution in [0.3, 0.4) is 0 Å². The van der Waals surface area contributed by atoms with Crippen LogP contribution in [-0.2, 0) is 9.59 Å². The van der Waals surface area contributed by atoms with Crippen molar-refractivity contribution in [3.05, 3.63) is 0 Å². The molecule has 0 aromatic heterocycles. The molecule has 104 valence electrons. The normalized spacial score (nSPS) is 12.5. The summed E-state index contributed by atoms with van der Waals surface area (Å²) in [6.45, 7) is 5.01. The highest BCUT2D eigenvalue weighted by molar-refractivity contribution is 5.86. The number of nitrogens with one attached hydrogen (secondary N) is 2. The van der Waals surface area contributed by atoms with Crippen molar-refractivity contribution in [2.75, 3.05) is 20.6 Å². The summed E-state index contributed by atoms with van der Waals surface area (Å²) >= 11 is 0. The first-order chi connectivity index (χ1) is 8.09. The second kappa shape index (κ2) is 6.23. The molecule has 0 rings (SSSR count). The van der Waals surface area contributed by atoms with Crippen LogP contribution in [0.1, 0.15) is 20.8 Å². The molecule has 0 heterocycles. The summed E-state index contributed by atoms with van der Waals surface area (Å²) in [5.74, 6) is -1.43. The molecule has 1 atom stereocenters. The fourth-order valence-corrected chi connectivity index (χ4v) is 1.25. The van der Waals surface area contributed by atoms with Crippen molar-refractivity contribution in [1.29, 1.82) is 0 Å². The molecule has 0 radical (unpaired) electrons. The van der Waals surface area contributed by atoms with E-state index >= 15 is 0 Å². The van der Waals surface area contributed by atoms with E-state index in [2.05, 4.69) is 10.6 Å². The zero-order valence-electron chi connectivity index (χ0n) is 11.4. The van der Waals surface area contributed by atoms with Gasteiger partial charge in [-0.25, -0.2) is 9.59 Å². The Labute approximate surface area is 107 Å². The van der Waals surface area contributed by atoms with Gasteiger partial charge in [-0.15, -0.1) is 0 Å². The maximum Gasteiger partial charge on any atom is 0.326 e. The van der Waals surface area contributed by atoms with E-state index in [1.165, 1.54) is 14.1 Å². The Morgan fingerprint density at radius 3 is 2.11 bits per heavy atom. The van der Waals surface area contributed by atoms with Crippen molar-refractivity contribution >= 4 is 17.9 Å². The van der Waals surface area contributed by atoms with Crippen molar-refractivity contribution in [3.63, 3.8) is 0 Å². The first-order valence-electron chi connectivity index (χ1n) is 5.54. The number of carboxylic acids is 1. The number of urea groups is 1. The number of hydrogen-bond donors (Lipinski definition) is 3. The summed E-state index contributed by atoms with van der Waals surface area (Å²) in [4.78, 5) is 35.0. The SMILES string of the molecule is CNC(=O)CN(C)C(=O)N[C@@H](C(=O)O)C(C)(C)C. The molecule has 0 aromatic carbocycles. The zero-order valence-corrected chi connectivity index (χ0v) is 11.4. The van der Waals surface area contributed by atoms with Crippen molar-refractivity contribution < 1.29 is 19.5 Å². The molecule has 3 amide bonds. The first kappa shape index (κ1) is 16.2. The molecule has 0 saturated carbocycles. The Hall–Kier alpha value is -1.79. The van der Waals surface area contributed by atoms with Crippen LogP contribution in [0.15, 0.2) is 0 Å². The van der Waals surface area contributed by atoms with E-state index in [0.29, 0.717) is 0 Å². The smallest absolute Gasteiger partial charge is 0.326 e. The van der Waals surface area contributed by atoms with E-state index < -0.39 is 23.5 Å². The summed E-state index contributed by atoms with van der Waals surface area (Å²) in [7, 11) is 2.88. The Morgan fingerprint density at radius 2 is 1.78 bits per heavy atom. The van der Waals surface area contributed by atoms with Crippen molar-refractivity contribution in [3.8, 4) is 0 Å². The van der Waals surface area contributed by atoms with Gasteiger partial charge in [0.25, 0.3) is 0 Å². The topological polar surface area (TPSA) is 98.7 Å². The van der Waals surface area contributed by atoms with Crippen LogP contribution >= 0.6 is 0 Å². The molecule has 0 saturated heterocycles. The number of amides is 3. The molecular formula is C11H21N3O4. The summed E-state index contributed by atoms with van der Waals surface area (Å²) in [6.07, 6.45) is 0. The standard InChI is InChI=1S/C11H21N3O4/c1-11(2,3)8(9(16)17)13-10(18)14(5)6-7(15)12-4/h8H,6H2,1-5H3,(H,12,15)(H,13,18)(H,16,17)/t8-/m0/s1. The lowest BCUT2D eigenvalue weighted by Crippen LogP contribution is -2.53. The van der Waals surface area contributed by atoms with Gasteiger partial charge >= 0.3 is 12.0 Å². The number of nitrogens with zero attached hydrogens (tertiary/aromatic N) is 1. The van der Waals surface area contributed by atoms with Crippen molar-refractivity contribution in [2.24, 2.45) is 5.41 Å². The highest BCUT2D eigenvalue weighted by atomic mass is 16.4. The van der Waals surface area contributed by atoms with Gasteiger partial charge in [-0.3, -0.25) is 4.79 Å². The number of hydrogen-bond acceptors (Lipinski definition) is 3. The summed E-state index contributed by atoms with van der Waals surface area (Å²) in [5.41, 5.74) is -0.616. The van der Waals surface area contributed by atoms with Crippen LogP contribution in [0.25, 0.3) is 0 Å². The number of carbonyl (C=O) groups excluding carboxylic acids is 2. The van der Waals surface area contributed by atoms with Crippen LogP contribution in [0.4, 0.5) is 4.79 Å². The minimum atomic E-state index is -1.11. The van der Waals surface area contributed by atoms with E-state index in [9.17, 15) is 14.4 Å². The van der Waals surface area contributed by atoms with E-state index in [4.69, 9.17) is 5.11 Å². The van der Waals surface area contributed by atoms with Crippen LogP contribution in [0.5, 0.6) is 0 Å². The molecule has 0 spiro atoms. The minimum absolute atomic E-state index is 0.126. The molecule has 0 aliphatic heterocycles. The van der Waals surface area contributed by atoms with Gasteiger partial charge in [0, 0.05) is 14.1 Å². The molecule has 0 unspecified atom stereocenters. The van der Waals surface area contributed by atoms with Gasteiger partial charge in [-0.05, 0) is 5.41 Å². The second-order valence-corrected chi connectivity index (χ2v) is 5.12. The Balaban J connectivity index is 4.62. The van der Waals surface area contributed by atoms with Gasteiger partial charge in [-0.1, -0.05) is 20.8 Å². The fraction of sp³-hybridized carbons (Fsp3) is 0.727. The number of likely N-dealkylation sites (N-methyl/N-ethyl adjacent to an activating group) is 2. The Kier molecular flexibility index (Phi) is 5.61. The highest BCUT2D eigenvalue weighted by Crippen LogP contribution is 2.19. The largest absolute Gasteiger partial charge is 0.480 e. The van der Waals surface area contributed by atoms with Gasteiger partial charge in [0.05, 0.1) is 0 Å². The fourth-order valence-electron chi connectivity index (χ4n) is 1.25. The lowest BCUT2D eigenvalue weighted by molar-refractivity contribution is -0.141. The Morgan fingerprint density at radius 1 is 1.28 bits per heavy atom. The number of aliphatic carboxylic acids is 1. The third kappa shape index (κ3) is 5.03. The van der Waals surface area contributed by atoms with E-state index in [1.54, 1.807) is 20.8 Å². The van der Waals surface area contributed by atoms with Crippen LogP contribution in [0.2, 0.25) is 0 Å². The van der Waals surface area contributed by atoms with E-state index in [1.807, 2.05) is 0 Å². The molecule has 7 nitrogen and oxygen atoms in total. The molecule has 3 N–H and O–H groups in total. The average molecular weight is 259 g/mol. The van der Waals surface area contributed by atoms with Crippen LogP contribution in [0, 0.1) is 5.41 Å².